The Kier molecular flexibility index (Phi) is 5.30. The van der Waals surface area contributed by atoms with Crippen molar-refractivity contribution in [1.29, 1.82) is 0 Å². The summed E-state index contributed by atoms with van der Waals surface area (Å²) in [6.07, 6.45) is 10.1. The Labute approximate surface area is 107 Å². The van der Waals surface area contributed by atoms with Crippen molar-refractivity contribution in [2.24, 2.45) is 5.92 Å². The van der Waals surface area contributed by atoms with Gasteiger partial charge in [-0.2, -0.15) is 0 Å². The molecule has 0 bridgehead atoms. The third-order valence-corrected chi connectivity index (χ3v) is 4.93. The highest BCUT2D eigenvalue weighted by atomic mass is 15.2. The molecule has 1 saturated heterocycles. The molecule has 1 aliphatic carbocycles. The molecule has 2 rings (SSSR count). The summed E-state index contributed by atoms with van der Waals surface area (Å²) in [6, 6.07) is 1.62. The molecule has 0 aromatic carbocycles. The van der Waals surface area contributed by atoms with Crippen LogP contribution >= 0.6 is 0 Å². The molecule has 17 heavy (non-hydrogen) atoms. The van der Waals surface area contributed by atoms with Crippen molar-refractivity contribution in [1.82, 2.24) is 10.2 Å². The maximum absolute atomic E-state index is 3.60. The largest absolute Gasteiger partial charge is 0.314 e. The predicted molar refractivity (Wildman–Crippen MR) is 74.3 cm³/mol. The molecule has 0 aromatic rings. The van der Waals surface area contributed by atoms with Gasteiger partial charge in [0.25, 0.3) is 0 Å². The van der Waals surface area contributed by atoms with E-state index >= 15 is 0 Å². The van der Waals surface area contributed by atoms with Crippen LogP contribution in [-0.2, 0) is 0 Å². The summed E-state index contributed by atoms with van der Waals surface area (Å²) in [6.45, 7) is 8.45. The van der Waals surface area contributed by atoms with Crippen LogP contribution in [0.2, 0.25) is 0 Å². The van der Waals surface area contributed by atoms with E-state index < -0.39 is 0 Å². The zero-order valence-electron chi connectivity index (χ0n) is 11.8. The van der Waals surface area contributed by atoms with Gasteiger partial charge in [-0.3, -0.25) is 0 Å². The van der Waals surface area contributed by atoms with Gasteiger partial charge in [-0.05, 0) is 58.2 Å². The topological polar surface area (TPSA) is 15.3 Å². The summed E-state index contributed by atoms with van der Waals surface area (Å²) >= 11 is 0. The molecular formula is C15H30N2. The molecule has 2 fully saturated rings. The van der Waals surface area contributed by atoms with Crippen LogP contribution in [0.15, 0.2) is 0 Å². The Morgan fingerprint density at radius 3 is 2.29 bits per heavy atom. The van der Waals surface area contributed by atoms with Crippen molar-refractivity contribution in [3.05, 3.63) is 0 Å². The lowest BCUT2D eigenvalue weighted by Crippen LogP contribution is -2.48. The minimum atomic E-state index is 0.787. The molecule has 1 aliphatic heterocycles. The Hall–Kier alpha value is -0.0800. The summed E-state index contributed by atoms with van der Waals surface area (Å²) in [5, 5.41) is 3.60. The number of hydrogen-bond donors (Lipinski definition) is 1. The van der Waals surface area contributed by atoms with Crippen molar-refractivity contribution >= 4 is 0 Å². The predicted octanol–water partition coefficient (Wildman–Crippen LogP) is 3.03. The molecule has 0 radical (unpaired) electrons. The first-order valence-corrected chi connectivity index (χ1v) is 7.78. The fourth-order valence-corrected chi connectivity index (χ4v) is 3.71. The summed E-state index contributed by atoms with van der Waals surface area (Å²) in [5.41, 5.74) is 0. The highest BCUT2D eigenvalue weighted by Crippen LogP contribution is 2.30. The van der Waals surface area contributed by atoms with Crippen LogP contribution in [0.25, 0.3) is 0 Å². The van der Waals surface area contributed by atoms with Crippen LogP contribution in [-0.4, -0.2) is 36.6 Å². The van der Waals surface area contributed by atoms with Crippen LogP contribution < -0.4 is 5.32 Å². The molecule has 0 spiro atoms. The third-order valence-electron chi connectivity index (χ3n) is 4.93. The molecule has 1 saturated carbocycles. The molecule has 0 amide bonds. The molecule has 2 aliphatic rings. The van der Waals surface area contributed by atoms with Gasteiger partial charge in [0.1, 0.15) is 0 Å². The van der Waals surface area contributed by atoms with Gasteiger partial charge in [0.15, 0.2) is 0 Å². The van der Waals surface area contributed by atoms with Crippen molar-refractivity contribution in [2.45, 2.75) is 70.9 Å². The minimum absolute atomic E-state index is 0.787. The number of nitrogens with one attached hydrogen (secondary N) is 1. The maximum Gasteiger partial charge on any atom is 0.00952 e. The standard InChI is InChI=1S/C15H30N2/c1-3-16-15-9-11-17(12-10-15)13(2)14-7-5-4-6-8-14/h13-16H,3-12H2,1-2H3. The number of likely N-dealkylation sites (tertiary alicyclic amines) is 1. The molecule has 2 nitrogen and oxygen atoms in total. The number of piperidine rings is 1. The van der Waals surface area contributed by atoms with Crippen LogP contribution in [0.4, 0.5) is 0 Å². The van der Waals surface area contributed by atoms with Crippen LogP contribution in [0.1, 0.15) is 58.8 Å². The maximum atomic E-state index is 3.60. The molecule has 1 unspecified atom stereocenters. The Balaban J connectivity index is 1.75. The second-order valence-electron chi connectivity index (χ2n) is 6.01. The van der Waals surface area contributed by atoms with Gasteiger partial charge >= 0.3 is 0 Å². The van der Waals surface area contributed by atoms with E-state index in [1.54, 1.807) is 0 Å². The highest BCUT2D eigenvalue weighted by Gasteiger charge is 2.28. The normalized spacial score (nSPS) is 27.2. The van der Waals surface area contributed by atoms with Gasteiger partial charge in [0, 0.05) is 12.1 Å². The lowest BCUT2D eigenvalue weighted by Gasteiger charge is -2.40. The van der Waals surface area contributed by atoms with E-state index in [0.717, 1.165) is 24.5 Å². The van der Waals surface area contributed by atoms with E-state index in [4.69, 9.17) is 0 Å². The summed E-state index contributed by atoms with van der Waals surface area (Å²) in [7, 11) is 0. The van der Waals surface area contributed by atoms with E-state index in [0.29, 0.717) is 0 Å². The van der Waals surface area contributed by atoms with Gasteiger partial charge < -0.3 is 10.2 Å². The van der Waals surface area contributed by atoms with Crippen molar-refractivity contribution in [3.8, 4) is 0 Å². The first-order chi connectivity index (χ1) is 8.31. The van der Waals surface area contributed by atoms with E-state index in [9.17, 15) is 0 Å². The SMILES string of the molecule is CCNC1CCN(C(C)C2CCCCC2)CC1. The molecular weight excluding hydrogens is 208 g/mol. The van der Waals surface area contributed by atoms with E-state index in [2.05, 4.69) is 24.1 Å². The zero-order chi connectivity index (χ0) is 12.1. The molecule has 0 aromatic heterocycles. The summed E-state index contributed by atoms with van der Waals surface area (Å²) in [5.74, 6) is 0.986. The quantitative estimate of drug-likeness (QED) is 0.810. The molecule has 1 atom stereocenters. The average molecular weight is 238 g/mol. The molecule has 100 valence electrons. The summed E-state index contributed by atoms with van der Waals surface area (Å²) in [4.78, 5) is 2.75. The van der Waals surface area contributed by atoms with Gasteiger partial charge in [0.2, 0.25) is 0 Å². The molecule has 1 heterocycles. The number of rotatable bonds is 4. The van der Waals surface area contributed by atoms with Crippen LogP contribution in [0.5, 0.6) is 0 Å². The van der Waals surface area contributed by atoms with E-state index in [-0.39, 0.29) is 0 Å². The van der Waals surface area contributed by atoms with Crippen LogP contribution in [0, 0.1) is 5.92 Å². The van der Waals surface area contributed by atoms with Gasteiger partial charge in [-0.1, -0.05) is 26.2 Å². The number of hydrogen-bond acceptors (Lipinski definition) is 2. The molecule has 2 heteroatoms. The van der Waals surface area contributed by atoms with Crippen LogP contribution in [0.3, 0.4) is 0 Å². The van der Waals surface area contributed by atoms with Crippen molar-refractivity contribution < 1.29 is 0 Å². The Morgan fingerprint density at radius 1 is 1.06 bits per heavy atom. The zero-order valence-corrected chi connectivity index (χ0v) is 11.8. The lowest BCUT2D eigenvalue weighted by atomic mass is 9.83. The molecule has 1 N–H and O–H groups in total. The second kappa shape index (κ2) is 6.75. The first kappa shape index (κ1) is 13.4. The first-order valence-electron chi connectivity index (χ1n) is 7.78. The monoisotopic (exact) mass is 238 g/mol. The lowest BCUT2D eigenvalue weighted by molar-refractivity contribution is 0.0973. The minimum Gasteiger partial charge on any atom is -0.314 e. The average Bonchev–Trinajstić information content (AvgIpc) is 2.40. The van der Waals surface area contributed by atoms with Gasteiger partial charge in [-0.15, -0.1) is 0 Å². The fraction of sp³-hybridized carbons (Fsp3) is 1.00. The van der Waals surface area contributed by atoms with E-state index in [1.807, 2.05) is 0 Å². The summed E-state index contributed by atoms with van der Waals surface area (Å²) < 4.78 is 0. The second-order valence-corrected chi connectivity index (χ2v) is 6.01. The van der Waals surface area contributed by atoms with Crippen molar-refractivity contribution in [3.63, 3.8) is 0 Å². The van der Waals surface area contributed by atoms with Crippen molar-refractivity contribution in [2.75, 3.05) is 19.6 Å². The number of nitrogens with zero attached hydrogens (tertiary/aromatic N) is 1. The van der Waals surface area contributed by atoms with Gasteiger partial charge in [-0.25, -0.2) is 0 Å². The Morgan fingerprint density at radius 2 is 1.71 bits per heavy atom. The van der Waals surface area contributed by atoms with Gasteiger partial charge in [0.05, 0.1) is 0 Å². The highest BCUT2D eigenvalue weighted by molar-refractivity contribution is 4.84. The smallest absolute Gasteiger partial charge is 0.00952 e. The Bertz CT molecular complexity index is 203. The van der Waals surface area contributed by atoms with E-state index in [1.165, 1.54) is 58.0 Å². The fourth-order valence-electron chi connectivity index (χ4n) is 3.71. The third kappa shape index (κ3) is 3.69.